The van der Waals surface area contributed by atoms with E-state index in [4.69, 9.17) is 14.6 Å². The Kier molecular flexibility index (Phi) is 6.27. The molecule has 1 aliphatic carbocycles. The summed E-state index contributed by atoms with van der Waals surface area (Å²) in [6.45, 7) is 3.99. The summed E-state index contributed by atoms with van der Waals surface area (Å²) in [6.07, 6.45) is 5.99. The highest BCUT2D eigenvalue weighted by Gasteiger charge is 2.24. The average Bonchev–Trinajstić information content (AvgIpc) is 3.35. The van der Waals surface area contributed by atoms with Crippen molar-refractivity contribution in [2.75, 3.05) is 19.0 Å². The Hall–Kier alpha value is -2.87. The molecular weight excluding hydrogens is 414 g/mol. The lowest BCUT2D eigenvalue weighted by atomic mass is 9.96. The van der Waals surface area contributed by atoms with E-state index in [0.717, 1.165) is 28.8 Å². The Morgan fingerprint density at radius 2 is 2.03 bits per heavy atom. The van der Waals surface area contributed by atoms with Gasteiger partial charge in [0.2, 0.25) is 0 Å². The molecule has 2 heterocycles. The van der Waals surface area contributed by atoms with E-state index in [9.17, 15) is 9.59 Å². The van der Waals surface area contributed by atoms with Crippen LogP contribution in [0.4, 0.5) is 5.69 Å². The maximum atomic E-state index is 13.1. The zero-order valence-electron chi connectivity index (χ0n) is 18.1. The lowest BCUT2D eigenvalue weighted by Gasteiger charge is -2.22. The van der Waals surface area contributed by atoms with Gasteiger partial charge in [-0.1, -0.05) is 25.3 Å². The largest absolute Gasteiger partial charge is 0.494 e. The van der Waals surface area contributed by atoms with Crippen molar-refractivity contribution in [3.05, 3.63) is 40.4 Å². The predicted octanol–water partition coefficient (Wildman–Crippen LogP) is 5.35. The van der Waals surface area contributed by atoms with E-state index in [0.29, 0.717) is 22.4 Å². The van der Waals surface area contributed by atoms with E-state index in [1.165, 1.54) is 37.7 Å². The molecule has 1 saturated carbocycles. The first-order valence-corrected chi connectivity index (χ1v) is 11.5. The number of hydrogen-bond acceptors (Lipinski definition) is 6. The Morgan fingerprint density at radius 1 is 1.26 bits per heavy atom. The minimum atomic E-state index is -0.486. The number of nitrogens with zero attached hydrogens (tertiary/aromatic N) is 2. The highest BCUT2D eigenvalue weighted by molar-refractivity contribution is 7.20. The van der Waals surface area contributed by atoms with Crippen molar-refractivity contribution in [3.8, 4) is 5.75 Å². The number of rotatable bonds is 6. The quantitative estimate of drug-likeness (QED) is 0.522. The number of hydrogen-bond donors (Lipinski definition) is 1. The van der Waals surface area contributed by atoms with Crippen LogP contribution >= 0.6 is 11.3 Å². The molecule has 31 heavy (non-hydrogen) atoms. The molecule has 0 aliphatic heterocycles. The molecule has 1 aliphatic rings. The molecule has 0 unspecified atom stereocenters. The monoisotopic (exact) mass is 441 g/mol. The maximum Gasteiger partial charge on any atom is 0.341 e. The van der Waals surface area contributed by atoms with E-state index in [1.807, 2.05) is 13.0 Å². The number of fused-ring (bicyclic) bond motifs is 1. The van der Waals surface area contributed by atoms with Crippen LogP contribution in [0.2, 0.25) is 0 Å². The van der Waals surface area contributed by atoms with Gasteiger partial charge < -0.3 is 14.8 Å². The first-order valence-electron chi connectivity index (χ1n) is 10.7. The minimum Gasteiger partial charge on any atom is -0.494 e. The standard InChI is InChI=1S/C23H27N3O4S/c1-4-30-23(28)16-11-8-12-18(20(16)29-3)24-21(27)19-13-17-14(2)25-26(22(17)31-19)15-9-6-5-7-10-15/h8,11-13,15H,4-7,9-10H2,1-3H3,(H,24,27). The molecule has 8 heteroatoms. The third kappa shape index (κ3) is 4.17. The molecule has 1 N–H and O–H groups in total. The Balaban J connectivity index is 1.62. The average molecular weight is 442 g/mol. The summed E-state index contributed by atoms with van der Waals surface area (Å²) in [5, 5.41) is 8.67. The number of aromatic nitrogens is 2. The van der Waals surface area contributed by atoms with Gasteiger partial charge in [0.15, 0.2) is 5.75 Å². The lowest BCUT2D eigenvalue weighted by Crippen LogP contribution is -2.14. The third-order valence-corrected chi connectivity index (χ3v) is 6.80. The zero-order chi connectivity index (χ0) is 22.0. The molecule has 1 amide bonds. The van der Waals surface area contributed by atoms with Gasteiger partial charge in [-0.15, -0.1) is 11.3 Å². The van der Waals surface area contributed by atoms with Crippen molar-refractivity contribution in [3.63, 3.8) is 0 Å². The summed E-state index contributed by atoms with van der Waals surface area (Å²) in [5.74, 6) is -0.435. The van der Waals surface area contributed by atoms with Gasteiger partial charge in [-0.3, -0.25) is 9.48 Å². The summed E-state index contributed by atoms with van der Waals surface area (Å²) >= 11 is 1.45. The number of nitrogens with one attached hydrogen (secondary N) is 1. The number of esters is 1. The number of carbonyl (C=O) groups is 2. The van der Waals surface area contributed by atoms with Crippen molar-refractivity contribution >= 4 is 39.1 Å². The summed E-state index contributed by atoms with van der Waals surface area (Å²) in [7, 11) is 1.47. The second-order valence-corrected chi connectivity index (χ2v) is 8.74. The molecular formula is C23H27N3O4S. The zero-order valence-corrected chi connectivity index (χ0v) is 18.9. The molecule has 0 spiro atoms. The number of thiophene rings is 1. The van der Waals surface area contributed by atoms with Gasteiger partial charge in [-0.05, 0) is 44.9 Å². The molecule has 2 aromatic heterocycles. The Bertz CT molecular complexity index is 1110. The van der Waals surface area contributed by atoms with Gasteiger partial charge in [0.25, 0.3) is 5.91 Å². The molecule has 0 radical (unpaired) electrons. The molecule has 0 bridgehead atoms. The van der Waals surface area contributed by atoms with Crippen molar-refractivity contribution in [2.24, 2.45) is 0 Å². The van der Waals surface area contributed by atoms with Crippen LogP contribution in [0, 0.1) is 6.92 Å². The third-order valence-electron chi connectivity index (χ3n) is 5.68. The number of aryl methyl sites for hydroxylation is 1. The fourth-order valence-corrected chi connectivity index (χ4v) is 5.29. The normalized spacial score (nSPS) is 14.5. The van der Waals surface area contributed by atoms with E-state index in [-0.39, 0.29) is 18.1 Å². The molecule has 7 nitrogen and oxygen atoms in total. The second kappa shape index (κ2) is 9.09. The van der Waals surface area contributed by atoms with Gasteiger partial charge in [0.05, 0.1) is 36.0 Å². The van der Waals surface area contributed by atoms with Crippen LogP contribution in [0.25, 0.3) is 10.2 Å². The van der Waals surface area contributed by atoms with Crippen molar-refractivity contribution in [1.82, 2.24) is 9.78 Å². The number of ether oxygens (including phenoxy) is 2. The maximum absolute atomic E-state index is 13.1. The van der Waals surface area contributed by atoms with Crippen molar-refractivity contribution < 1.29 is 19.1 Å². The summed E-state index contributed by atoms with van der Waals surface area (Å²) < 4.78 is 12.6. The smallest absolute Gasteiger partial charge is 0.341 e. The second-order valence-electron chi connectivity index (χ2n) is 7.71. The van der Waals surface area contributed by atoms with Gasteiger partial charge in [-0.2, -0.15) is 5.10 Å². The fourth-order valence-electron chi connectivity index (χ4n) is 4.17. The lowest BCUT2D eigenvalue weighted by molar-refractivity contribution is 0.0522. The van der Waals surface area contributed by atoms with Crippen LogP contribution in [0.1, 0.15) is 70.8 Å². The van der Waals surface area contributed by atoms with Gasteiger partial charge in [0.1, 0.15) is 10.4 Å². The van der Waals surface area contributed by atoms with E-state index in [2.05, 4.69) is 10.00 Å². The first-order chi connectivity index (χ1) is 15.0. The van der Waals surface area contributed by atoms with Crippen LogP contribution in [0.15, 0.2) is 24.3 Å². The number of carbonyl (C=O) groups excluding carboxylic acids is 2. The summed E-state index contributed by atoms with van der Waals surface area (Å²) in [4.78, 5) is 26.9. The van der Waals surface area contributed by atoms with Crippen LogP contribution in [-0.2, 0) is 4.74 Å². The van der Waals surface area contributed by atoms with E-state index in [1.54, 1.807) is 25.1 Å². The molecule has 0 saturated heterocycles. The SMILES string of the molecule is CCOC(=O)c1cccc(NC(=O)c2cc3c(C)nn(C4CCCCC4)c3s2)c1OC. The Morgan fingerprint density at radius 3 is 2.74 bits per heavy atom. The van der Waals surface area contributed by atoms with Crippen molar-refractivity contribution in [1.29, 1.82) is 0 Å². The van der Waals surface area contributed by atoms with Crippen LogP contribution < -0.4 is 10.1 Å². The topological polar surface area (TPSA) is 82.5 Å². The minimum absolute atomic E-state index is 0.241. The van der Waals surface area contributed by atoms with Crippen molar-refractivity contribution in [2.45, 2.75) is 52.0 Å². The van der Waals surface area contributed by atoms with Crippen LogP contribution in [0.3, 0.4) is 0 Å². The molecule has 0 atom stereocenters. The molecule has 4 rings (SSSR count). The van der Waals surface area contributed by atoms with Gasteiger partial charge in [-0.25, -0.2) is 4.79 Å². The van der Waals surface area contributed by atoms with Gasteiger partial charge >= 0.3 is 5.97 Å². The van der Waals surface area contributed by atoms with Gasteiger partial charge in [0, 0.05) is 5.39 Å². The fraction of sp³-hybridized carbons (Fsp3) is 0.435. The molecule has 3 aromatic rings. The number of para-hydroxylation sites is 1. The predicted molar refractivity (Wildman–Crippen MR) is 121 cm³/mol. The summed E-state index contributed by atoms with van der Waals surface area (Å²) in [5.41, 5.74) is 1.65. The van der Waals surface area contributed by atoms with E-state index >= 15 is 0 Å². The number of methoxy groups -OCH3 is 1. The number of anilines is 1. The first kappa shape index (κ1) is 21.4. The number of amides is 1. The molecule has 1 fully saturated rings. The summed E-state index contributed by atoms with van der Waals surface area (Å²) in [6, 6.07) is 7.33. The van der Waals surface area contributed by atoms with Crippen LogP contribution in [0.5, 0.6) is 5.75 Å². The number of benzene rings is 1. The van der Waals surface area contributed by atoms with E-state index < -0.39 is 5.97 Å². The molecule has 1 aromatic carbocycles. The molecule has 164 valence electrons. The Labute approximate surface area is 185 Å². The van der Waals surface area contributed by atoms with Crippen LogP contribution in [-0.4, -0.2) is 35.4 Å². The highest BCUT2D eigenvalue weighted by Crippen LogP contribution is 2.36. The highest BCUT2D eigenvalue weighted by atomic mass is 32.1.